The highest BCUT2D eigenvalue weighted by Crippen LogP contribution is 2.18. The van der Waals surface area contributed by atoms with Gasteiger partial charge in [0, 0.05) is 6.04 Å². The van der Waals surface area contributed by atoms with E-state index in [-0.39, 0.29) is 0 Å². The molecule has 1 fully saturated rings. The van der Waals surface area contributed by atoms with E-state index in [1.54, 1.807) is 0 Å². The van der Waals surface area contributed by atoms with Crippen LogP contribution >= 0.6 is 0 Å². The molecule has 0 radical (unpaired) electrons. The Morgan fingerprint density at radius 3 is 2.33 bits per heavy atom. The molecule has 0 amide bonds. The van der Waals surface area contributed by atoms with Crippen LogP contribution in [0.15, 0.2) is 0 Å². The average molecular weight is 127 g/mol. The second kappa shape index (κ2) is 2.70. The van der Waals surface area contributed by atoms with Gasteiger partial charge in [-0.3, -0.25) is 0 Å². The van der Waals surface area contributed by atoms with Crippen molar-refractivity contribution in [3.8, 4) is 0 Å². The zero-order valence-corrected chi connectivity index (χ0v) is 6.65. The Bertz CT molecular complexity index is 88.6. The highest BCUT2D eigenvalue weighted by atomic mass is 14.9. The lowest BCUT2D eigenvalue weighted by Crippen LogP contribution is -2.26. The average Bonchev–Trinajstić information content (AvgIpc) is 2.14. The van der Waals surface area contributed by atoms with Crippen LogP contribution in [0.5, 0.6) is 0 Å². The van der Waals surface area contributed by atoms with E-state index in [9.17, 15) is 0 Å². The Balaban J connectivity index is 2.30. The molecular weight excluding hydrogens is 110 g/mol. The minimum absolute atomic E-state index is 0.792. The summed E-state index contributed by atoms with van der Waals surface area (Å²) < 4.78 is 0. The summed E-state index contributed by atoms with van der Waals surface area (Å²) in [6.45, 7) is 8.11. The van der Waals surface area contributed by atoms with Crippen LogP contribution in [0, 0.1) is 11.8 Å². The first-order valence-electron chi connectivity index (χ1n) is 3.93. The first kappa shape index (κ1) is 7.07. The minimum Gasteiger partial charge on any atom is -0.313 e. The van der Waals surface area contributed by atoms with Crippen molar-refractivity contribution < 1.29 is 0 Å². The summed E-state index contributed by atoms with van der Waals surface area (Å²) in [5.41, 5.74) is 0. The summed E-state index contributed by atoms with van der Waals surface area (Å²) in [5.74, 6) is 1.72. The van der Waals surface area contributed by atoms with Crippen molar-refractivity contribution in [2.75, 3.05) is 6.54 Å². The van der Waals surface area contributed by atoms with Gasteiger partial charge < -0.3 is 5.32 Å². The van der Waals surface area contributed by atoms with Gasteiger partial charge in [-0.05, 0) is 24.8 Å². The van der Waals surface area contributed by atoms with Gasteiger partial charge in [0.25, 0.3) is 0 Å². The van der Waals surface area contributed by atoms with E-state index < -0.39 is 0 Å². The van der Waals surface area contributed by atoms with Crippen molar-refractivity contribution >= 4 is 0 Å². The summed E-state index contributed by atoms with van der Waals surface area (Å²) in [6.07, 6.45) is 1.37. The van der Waals surface area contributed by atoms with Gasteiger partial charge in [-0.2, -0.15) is 0 Å². The summed E-state index contributed by atoms with van der Waals surface area (Å²) in [6, 6.07) is 0.792. The molecule has 0 aliphatic carbocycles. The van der Waals surface area contributed by atoms with E-state index in [2.05, 4.69) is 26.1 Å². The van der Waals surface area contributed by atoms with Crippen LogP contribution in [0.3, 0.4) is 0 Å². The van der Waals surface area contributed by atoms with Crippen molar-refractivity contribution in [1.29, 1.82) is 0 Å². The zero-order valence-electron chi connectivity index (χ0n) is 6.65. The largest absolute Gasteiger partial charge is 0.313 e. The zero-order chi connectivity index (χ0) is 6.85. The monoisotopic (exact) mass is 127 g/mol. The molecule has 1 N–H and O–H groups in total. The van der Waals surface area contributed by atoms with Crippen LogP contribution < -0.4 is 5.32 Å². The highest BCUT2D eigenvalue weighted by molar-refractivity contribution is 4.80. The Morgan fingerprint density at radius 1 is 1.44 bits per heavy atom. The van der Waals surface area contributed by atoms with Crippen molar-refractivity contribution in [3.63, 3.8) is 0 Å². The smallest absolute Gasteiger partial charge is 0.00931 e. The van der Waals surface area contributed by atoms with Gasteiger partial charge >= 0.3 is 0 Å². The maximum Gasteiger partial charge on any atom is 0.00931 e. The predicted octanol–water partition coefficient (Wildman–Crippen LogP) is 1.64. The van der Waals surface area contributed by atoms with Gasteiger partial charge in [0.2, 0.25) is 0 Å². The SMILES string of the molecule is CC(C)[C@@H]1C[C@H](C)CN1. The molecule has 0 saturated carbocycles. The molecule has 1 heterocycles. The van der Waals surface area contributed by atoms with Crippen LogP contribution in [0.1, 0.15) is 27.2 Å². The Morgan fingerprint density at radius 2 is 2.11 bits per heavy atom. The fraction of sp³-hybridized carbons (Fsp3) is 1.00. The maximum absolute atomic E-state index is 3.51. The summed E-state index contributed by atoms with van der Waals surface area (Å²) in [7, 11) is 0. The van der Waals surface area contributed by atoms with Gasteiger partial charge in [0.05, 0.1) is 0 Å². The normalized spacial score (nSPS) is 36.0. The summed E-state index contributed by atoms with van der Waals surface area (Å²) >= 11 is 0. The molecular formula is C8H17N. The van der Waals surface area contributed by atoms with E-state index in [0.717, 1.165) is 17.9 Å². The first-order chi connectivity index (χ1) is 4.20. The van der Waals surface area contributed by atoms with Gasteiger partial charge in [0.15, 0.2) is 0 Å². The fourth-order valence-electron chi connectivity index (χ4n) is 1.46. The van der Waals surface area contributed by atoms with E-state index in [1.165, 1.54) is 13.0 Å². The molecule has 9 heavy (non-hydrogen) atoms. The second-order valence-corrected chi connectivity index (χ2v) is 3.60. The molecule has 1 saturated heterocycles. The number of rotatable bonds is 1. The third kappa shape index (κ3) is 1.68. The molecule has 0 aromatic carbocycles. The van der Waals surface area contributed by atoms with Crippen LogP contribution in [-0.4, -0.2) is 12.6 Å². The first-order valence-corrected chi connectivity index (χ1v) is 3.93. The predicted molar refractivity (Wildman–Crippen MR) is 40.4 cm³/mol. The van der Waals surface area contributed by atoms with E-state index in [1.807, 2.05) is 0 Å². The molecule has 1 aliphatic heterocycles. The molecule has 1 rings (SSSR count). The molecule has 1 heteroatoms. The number of nitrogens with one attached hydrogen (secondary N) is 1. The minimum atomic E-state index is 0.792. The molecule has 0 bridgehead atoms. The molecule has 0 aromatic heterocycles. The van der Waals surface area contributed by atoms with Crippen LogP contribution in [0.4, 0.5) is 0 Å². The third-order valence-corrected chi connectivity index (χ3v) is 2.19. The van der Waals surface area contributed by atoms with Crippen molar-refractivity contribution in [2.24, 2.45) is 11.8 Å². The summed E-state index contributed by atoms with van der Waals surface area (Å²) in [5, 5.41) is 3.51. The highest BCUT2D eigenvalue weighted by Gasteiger charge is 2.22. The Labute approximate surface area is 57.8 Å². The van der Waals surface area contributed by atoms with Crippen molar-refractivity contribution in [3.05, 3.63) is 0 Å². The van der Waals surface area contributed by atoms with Gasteiger partial charge in [-0.25, -0.2) is 0 Å². The van der Waals surface area contributed by atoms with Gasteiger partial charge in [0.1, 0.15) is 0 Å². The molecule has 0 unspecified atom stereocenters. The van der Waals surface area contributed by atoms with Gasteiger partial charge in [-0.1, -0.05) is 20.8 Å². The fourth-order valence-corrected chi connectivity index (χ4v) is 1.46. The quantitative estimate of drug-likeness (QED) is 0.564. The Hall–Kier alpha value is -0.0400. The van der Waals surface area contributed by atoms with E-state index in [4.69, 9.17) is 0 Å². The topological polar surface area (TPSA) is 12.0 Å². The second-order valence-electron chi connectivity index (χ2n) is 3.60. The van der Waals surface area contributed by atoms with Crippen LogP contribution in [0.2, 0.25) is 0 Å². The molecule has 0 aromatic rings. The lowest BCUT2D eigenvalue weighted by atomic mass is 9.99. The van der Waals surface area contributed by atoms with Crippen LogP contribution in [-0.2, 0) is 0 Å². The standard InChI is InChI=1S/C8H17N/c1-6(2)8-4-7(3)5-9-8/h6-9H,4-5H2,1-3H3/t7-,8-/m0/s1. The molecule has 1 aliphatic rings. The number of hydrogen-bond donors (Lipinski definition) is 1. The lowest BCUT2D eigenvalue weighted by Gasteiger charge is -2.13. The van der Waals surface area contributed by atoms with E-state index in [0.29, 0.717) is 0 Å². The molecule has 1 nitrogen and oxygen atoms in total. The molecule has 54 valence electrons. The maximum atomic E-state index is 3.51. The molecule has 2 atom stereocenters. The van der Waals surface area contributed by atoms with E-state index >= 15 is 0 Å². The molecule has 0 spiro atoms. The van der Waals surface area contributed by atoms with Gasteiger partial charge in [-0.15, -0.1) is 0 Å². The number of hydrogen-bond acceptors (Lipinski definition) is 1. The Kier molecular flexibility index (Phi) is 2.12. The van der Waals surface area contributed by atoms with Crippen LogP contribution in [0.25, 0.3) is 0 Å². The third-order valence-electron chi connectivity index (χ3n) is 2.19. The van der Waals surface area contributed by atoms with Crippen molar-refractivity contribution in [1.82, 2.24) is 5.32 Å². The summed E-state index contributed by atoms with van der Waals surface area (Å²) in [4.78, 5) is 0. The lowest BCUT2D eigenvalue weighted by molar-refractivity contribution is 0.444. The van der Waals surface area contributed by atoms with Crippen molar-refractivity contribution in [2.45, 2.75) is 33.2 Å².